The summed E-state index contributed by atoms with van der Waals surface area (Å²) in [7, 11) is 0. The number of ketones is 1. The molecule has 0 aliphatic heterocycles. The van der Waals surface area contributed by atoms with Crippen LogP contribution in [0.4, 0.5) is 0 Å². The Kier molecular flexibility index (Phi) is 4.70. The van der Waals surface area contributed by atoms with Crippen molar-refractivity contribution in [1.82, 2.24) is 0 Å². The first kappa shape index (κ1) is 13.3. The fourth-order valence-electron chi connectivity index (χ4n) is 1.72. The van der Waals surface area contributed by atoms with Crippen LogP contribution in [0.25, 0.3) is 0 Å². The van der Waals surface area contributed by atoms with Crippen molar-refractivity contribution < 1.29 is 14.6 Å². The Hall–Kier alpha value is -2.13. The lowest BCUT2D eigenvalue weighted by atomic mass is 10.1. The predicted octanol–water partition coefficient (Wildman–Crippen LogP) is 2.83. The molecule has 0 bridgehead atoms. The third kappa shape index (κ3) is 3.93. The van der Waals surface area contributed by atoms with Gasteiger partial charge in [-0.25, -0.2) is 0 Å². The van der Waals surface area contributed by atoms with E-state index in [1.165, 1.54) is 0 Å². The van der Waals surface area contributed by atoms with Crippen LogP contribution in [0, 0.1) is 0 Å². The zero-order valence-electron chi connectivity index (χ0n) is 10.6. The summed E-state index contributed by atoms with van der Waals surface area (Å²) in [6.45, 7) is 0.385. The summed E-state index contributed by atoms with van der Waals surface area (Å²) in [6, 6.07) is 16.9. The fourth-order valence-corrected chi connectivity index (χ4v) is 1.72. The molecule has 0 saturated heterocycles. The highest BCUT2D eigenvalue weighted by atomic mass is 16.5. The molecular formula is C16H16O3. The van der Waals surface area contributed by atoms with Gasteiger partial charge < -0.3 is 9.84 Å². The summed E-state index contributed by atoms with van der Waals surface area (Å²) >= 11 is 0. The third-order valence-electron chi connectivity index (χ3n) is 2.76. The molecule has 0 aliphatic rings. The highest BCUT2D eigenvalue weighted by Gasteiger charge is 2.04. The Bertz CT molecular complexity index is 517. The lowest BCUT2D eigenvalue weighted by molar-refractivity contribution is 0.0956. The number of carbonyl (C=O) groups excluding carboxylic acids is 1. The first-order valence-electron chi connectivity index (χ1n) is 6.20. The van der Waals surface area contributed by atoms with Gasteiger partial charge in [-0.3, -0.25) is 4.79 Å². The quantitative estimate of drug-likeness (QED) is 0.808. The average Bonchev–Trinajstić information content (AvgIpc) is 2.47. The molecule has 3 nitrogen and oxygen atoms in total. The van der Waals surface area contributed by atoms with E-state index >= 15 is 0 Å². The Morgan fingerprint density at radius 2 is 1.68 bits per heavy atom. The minimum Gasteiger partial charge on any atom is -0.489 e. The van der Waals surface area contributed by atoms with Gasteiger partial charge in [0.1, 0.15) is 12.4 Å². The summed E-state index contributed by atoms with van der Waals surface area (Å²) in [6.07, 6.45) is 0.157. The molecule has 0 radical (unpaired) electrons. The molecule has 0 atom stereocenters. The highest BCUT2D eigenvalue weighted by molar-refractivity contribution is 5.96. The zero-order chi connectivity index (χ0) is 13.5. The molecule has 0 aliphatic carbocycles. The molecule has 0 fully saturated rings. The summed E-state index contributed by atoms with van der Waals surface area (Å²) in [5, 5.41) is 8.72. The van der Waals surface area contributed by atoms with E-state index in [-0.39, 0.29) is 18.8 Å². The average molecular weight is 256 g/mol. The molecule has 0 saturated carbocycles. The van der Waals surface area contributed by atoms with E-state index in [9.17, 15) is 4.79 Å². The first-order valence-corrected chi connectivity index (χ1v) is 6.20. The van der Waals surface area contributed by atoms with E-state index in [2.05, 4.69) is 0 Å². The van der Waals surface area contributed by atoms with E-state index in [0.29, 0.717) is 12.2 Å². The van der Waals surface area contributed by atoms with E-state index in [1.54, 1.807) is 24.3 Å². The second-order valence-electron chi connectivity index (χ2n) is 4.20. The summed E-state index contributed by atoms with van der Waals surface area (Å²) < 4.78 is 5.63. The number of Topliss-reactive ketones (excluding diaryl/α,β-unsaturated/α-hetero) is 1. The van der Waals surface area contributed by atoms with Gasteiger partial charge in [-0.15, -0.1) is 0 Å². The van der Waals surface area contributed by atoms with Crippen molar-refractivity contribution in [2.24, 2.45) is 0 Å². The SMILES string of the molecule is O=C(CCO)c1ccc(OCc2ccccc2)cc1. The summed E-state index contributed by atoms with van der Waals surface area (Å²) in [5.74, 6) is 0.668. The topological polar surface area (TPSA) is 46.5 Å². The van der Waals surface area contributed by atoms with Gasteiger partial charge in [0.05, 0.1) is 6.61 Å². The minimum absolute atomic E-state index is 0.0582. The number of aliphatic hydroxyl groups is 1. The van der Waals surface area contributed by atoms with Crippen molar-refractivity contribution in [1.29, 1.82) is 0 Å². The number of rotatable bonds is 6. The van der Waals surface area contributed by atoms with Gasteiger partial charge in [-0.2, -0.15) is 0 Å². The van der Waals surface area contributed by atoms with Crippen LogP contribution >= 0.6 is 0 Å². The van der Waals surface area contributed by atoms with Gasteiger partial charge in [-0.1, -0.05) is 30.3 Å². The monoisotopic (exact) mass is 256 g/mol. The molecule has 0 spiro atoms. The van der Waals surface area contributed by atoms with Crippen molar-refractivity contribution >= 4 is 5.78 Å². The molecule has 98 valence electrons. The summed E-state index contributed by atoms with van der Waals surface area (Å²) in [5.41, 5.74) is 1.70. The van der Waals surface area contributed by atoms with Crippen LogP contribution in [0.2, 0.25) is 0 Å². The number of benzene rings is 2. The van der Waals surface area contributed by atoms with Crippen LogP contribution in [0.5, 0.6) is 5.75 Å². The minimum atomic E-state index is -0.120. The van der Waals surface area contributed by atoms with Gasteiger partial charge in [-0.05, 0) is 29.8 Å². The van der Waals surface area contributed by atoms with Gasteiger partial charge in [0, 0.05) is 12.0 Å². The number of carbonyl (C=O) groups is 1. The first-order chi connectivity index (χ1) is 9.29. The Morgan fingerprint density at radius 3 is 2.32 bits per heavy atom. The van der Waals surface area contributed by atoms with E-state index in [4.69, 9.17) is 9.84 Å². The van der Waals surface area contributed by atoms with Gasteiger partial charge in [0.25, 0.3) is 0 Å². The van der Waals surface area contributed by atoms with Crippen molar-refractivity contribution in [3.63, 3.8) is 0 Å². The number of ether oxygens (including phenoxy) is 1. The molecule has 0 unspecified atom stereocenters. The molecule has 0 aromatic heterocycles. The second kappa shape index (κ2) is 6.71. The summed E-state index contributed by atoms with van der Waals surface area (Å²) in [4.78, 5) is 11.5. The van der Waals surface area contributed by atoms with Crippen LogP contribution in [0.15, 0.2) is 54.6 Å². The largest absolute Gasteiger partial charge is 0.489 e. The standard InChI is InChI=1S/C16H16O3/c17-11-10-16(18)14-6-8-15(9-7-14)19-12-13-4-2-1-3-5-13/h1-9,17H,10-12H2. The molecule has 3 heteroatoms. The number of hydrogen-bond acceptors (Lipinski definition) is 3. The maximum Gasteiger partial charge on any atom is 0.165 e. The Balaban J connectivity index is 1.94. The van der Waals surface area contributed by atoms with Crippen LogP contribution in [0.3, 0.4) is 0 Å². The molecule has 1 N–H and O–H groups in total. The van der Waals surface area contributed by atoms with E-state index in [1.807, 2.05) is 30.3 Å². The fraction of sp³-hybridized carbons (Fsp3) is 0.188. The van der Waals surface area contributed by atoms with Gasteiger partial charge in [0.2, 0.25) is 0 Å². The van der Waals surface area contributed by atoms with Crippen LogP contribution in [0.1, 0.15) is 22.3 Å². The normalized spacial score (nSPS) is 10.2. The van der Waals surface area contributed by atoms with Crippen molar-refractivity contribution in [3.8, 4) is 5.75 Å². The maximum absolute atomic E-state index is 11.5. The zero-order valence-corrected chi connectivity index (χ0v) is 10.6. The molecule has 0 amide bonds. The second-order valence-corrected chi connectivity index (χ2v) is 4.20. The van der Waals surface area contributed by atoms with Gasteiger partial charge >= 0.3 is 0 Å². The van der Waals surface area contributed by atoms with Crippen LogP contribution < -0.4 is 4.74 Å². The smallest absolute Gasteiger partial charge is 0.165 e. The Labute approximate surface area is 112 Å². The number of aliphatic hydroxyl groups excluding tert-OH is 1. The molecule has 2 rings (SSSR count). The predicted molar refractivity (Wildman–Crippen MR) is 73.2 cm³/mol. The van der Waals surface area contributed by atoms with Crippen LogP contribution in [-0.4, -0.2) is 17.5 Å². The molecular weight excluding hydrogens is 240 g/mol. The van der Waals surface area contributed by atoms with E-state index in [0.717, 1.165) is 11.3 Å². The van der Waals surface area contributed by atoms with Crippen LogP contribution in [-0.2, 0) is 6.61 Å². The molecule has 2 aromatic carbocycles. The molecule has 2 aromatic rings. The highest BCUT2D eigenvalue weighted by Crippen LogP contribution is 2.15. The lowest BCUT2D eigenvalue weighted by Crippen LogP contribution is -2.01. The molecule has 0 heterocycles. The maximum atomic E-state index is 11.5. The van der Waals surface area contributed by atoms with E-state index < -0.39 is 0 Å². The lowest BCUT2D eigenvalue weighted by Gasteiger charge is -2.07. The Morgan fingerprint density at radius 1 is 1.00 bits per heavy atom. The van der Waals surface area contributed by atoms with Crippen molar-refractivity contribution in [3.05, 3.63) is 65.7 Å². The van der Waals surface area contributed by atoms with Crippen molar-refractivity contribution in [2.75, 3.05) is 6.61 Å². The van der Waals surface area contributed by atoms with Gasteiger partial charge in [0.15, 0.2) is 5.78 Å². The third-order valence-corrected chi connectivity index (χ3v) is 2.76. The van der Waals surface area contributed by atoms with Crippen molar-refractivity contribution in [2.45, 2.75) is 13.0 Å². The molecule has 19 heavy (non-hydrogen) atoms. The number of hydrogen-bond donors (Lipinski definition) is 1.